The first-order valence-corrected chi connectivity index (χ1v) is 11.1. The highest BCUT2D eigenvalue weighted by molar-refractivity contribution is 7.96. The van der Waals surface area contributed by atoms with Crippen molar-refractivity contribution in [3.8, 4) is 5.75 Å². The number of ether oxygens (including phenoxy) is 1. The van der Waals surface area contributed by atoms with E-state index in [0.29, 0.717) is 0 Å². The lowest BCUT2D eigenvalue weighted by Gasteiger charge is -2.29. The molecule has 1 aliphatic rings. The number of methoxy groups -OCH3 is 1. The minimum atomic E-state index is -3.86. The first-order chi connectivity index (χ1) is 10.9. The highest BCUT2D eigenvalue weighted by Crippen LogP contribution is 2.32. The van der Waals surface area contributed by atoms with Gasteiger partial charge in [-0.3, -0.25) is 0 Å². The molecule has 1 aliphatic heterocycles. The second kappa shape index (κ2) is 6.31. The van der Waals surface area contributed by atoms with Gasteiger partial charge in [0.25, 0.3) is 0 Å². The molecule has 136 valence electrons. The first kappa shape index (κ1) is 19.2. The molecule has 2 atom stereocenters. The summed E-state index contributed by atoms with van der Waals surface area (Å²) in [6.07, 6.45) is 0. The molecule has 0 unspecified atom stereocenters. The Balaban J connectivity index is 2.52. The van der Waals surface area contributed by atoms with Crippen molar-refractivity contribution in [2.75, 3.05) is 18.6 Å². The molecule has 0 spiro atoms. The normalized spacial score (nSPS) is 24.0. The van der Waals surface area contributed by atoms with Gasteiger partial charge in [0.05, 0.1) is 23.9 Å². The molecule has 0 saturated carbocycles. The van der Waals surface area contributed by atoms with Crippen LogP contribution in [0, 0.1) is 6.92 Å². The molecule has 24 heavy (non-hydrogen) atoms. The van der Waals surface area contributed by atoms with Crippen molar-refractivity contribution in [3.05, 3.63) is 23.8 Å². The summed E-state index contributed by atoms with van der Waals surface area (Å²) in [5.74, 6) is -0.318. The van der Waals surface area contributed by atoms with Gasteiger partial charge < -0.3 is 10.1 Å². The van der Waals surface area contributed by atoms with Gasteiger partial charge in [0, 0.05) is 11.6 Å². The van der Waals surface area contributed by atoms with Gasteiger partial charge in [0.1, 0.15) is 10.6 Å². The molecule has 0 amide bonds. The summed E-state index contributed by atoms with van der Waals surface area (Å²) in [7, 11) is -5.88. The average Bonchev–Trinajstić information content (AvgIpc) is 2.72. The van der Waals surface area contributed by atoms with Gasteiger partial charge >= 0.3 is 0 Å². The molecular weight excluding hydrogens is 350 g/mol. The molecule has 1 fully saturated rings. The molecule has 0 bridgehead atoms. The Kier molecular flexibility index (Phi) is 5.05. The minimum Gasteiger partial charge on any atom is -0.495 e. The maximum Gasteiger partial charge on any atom is 0.187 e. The van der Waals surface area contributed by atoms with Crippen molar-refractivity contribution < 1.29 is 21.6 Å². The maximum atomic E-state index is 13.2. The van der Waals surface area contributed by atoms with Crippen LogP contribution in [0.15, 0.2) is 23.1 Å². The number of nitrogens with one attached hydrogen (secondary N) is 1. The summed E-state index contributed by atoms with van der Waals surface area (Å²) in [6, 6.07) is 4.24. The second-order valence-corrected chi connectivity index (χ2v) is 11.6. The van der Waals surface area contributed by atoms with Crippen LogP contribution in [-0.2, 0) is 19.7 Å². The van der Waals surface area contributed by atoms with E-state index in [0.717, 1.165) is 5.56 Å². The van der Waals surface area contributed by atoms with E-state index in [1.165, 1.54) is 13.2 Å². The molecule has 0 aromatic heterocycles. The Morgan fingerprint density at radius 1 is 1.21 bits per heavy atom. The Hall–Kier alpha value is -1.12. The fourth-order valence-electron chi connectivity index (χ4n) is 2.98. The summed E-state index contributed by atoms with van der Waals surface area (Å²) >= 11 is 0. The quantitative estimate of drug-likeness (QED) is 0.854. The van der Waals surface area contributed by atoms with Gasteiger partial charge in [0.2, 0.25) is 0 Å². The van der Waals surface area contributed by atoms with Crippen molar-refractivity contribution in [1.82, 2.24) is 5.32 Å². The smallest absolute Gasteiger partial charge is 0.187 e. The van der Waals surface area contributed by atoms with Gasteiger partial charge in [0.15, 0.2) is 19.7 Å². The summed E-state index contributed by atoms with van der Waals surface area (Å²) < 4.78 is 55.7. The predicted molar refractivity (Wildman–Crippen MR) is 94.0 cm³/mol. The molecule has 0 radical (unpaired) electrons. The highest BCUT2D eigenvalue weighted by atomic mass is 32.2. The van der Waals surface area contributed by atoms with Gasteiger partial charge in [-0.25, -0.2) is 16.8 Å². The Bertz CT molecular complexity index is 823. The van der Waals surface area contributed by atoms with Crippen LogP contribution in [0.5, 0.6) is 5.75 Å². The number of aryl methyl sites for hydroxylation is 1. The third-order valence-electron chi connectivity index (χ3n) is 3.94. The summed E-state index contributed by atoms with van der Waals surface area (Å²) in [5.41, 5.74) is 0.380. The maximum absolute atomic E-state index is 13.2. The summed E-state index contributed by atoms with van der Waals surface area (Å²) in [5, 5.41) is 2.12. The topological polar surface area (TPSA) is 89.5 Å². The largest absolute Gasteiger partial charge is 0.495 e. The van der Waals surface area contributed by atoms with E-state index in [1.807, 2.05) is 20.8 Å². The van der Waals surface area contributed by atoms with E-state index in [1.54, 1.807) is 19.1 Å². The van der Waals surface area contributed by atoms with Gasteiger partial charge in [-0.15, -0.1) is 0 Å². The van der Waals surface area contributed by atoms with Crippen molar-refractivity contribution in [2.45, 2.75) is 49.4 Å². The Labute approximate surface area is 144 Å². The van der Waals surface area contributed by atoms with Crippen molar-refractivity contribution in [2.24, 2.45) is 0 Å². The van der Waals surface area contributed by atoms with Crippen LogP contribution in [-0.4, -0.2) is 52.3 Å². The molecular formula is C16H25NO5S2. The molecule has 1 heterocycles. The van der Waals surface area contributed by atoms with Crippen molar-refractivity contribution >= 4 is 19.7 Å². The fourth-order valence-corrected chi connectivity index (χ4v) is 7.88. The third-order valence-corrected chi connectivity index (χ3v) is 8.11. The molecule has 1 N–H and O–H groups in total. The Morgan fingerprint density at radius 3 is 2.38 bits per heavy atom. The number of benzene rings is 1. The lowest BCUT2D eigenvalue weighted by Crippen LogP contribution is -2.51. The zero-order valence-electron chi connectivity index (χ0n) is 14.7. The van der Waals surface area contributed by atoms with E-state index in [2.05, 4.69) is 5.32 Å². The zero-order valence-corrected chi connectivity index (χ0v) is 16.3. The van der Waals surface area contributed by atoms with E-state index >= 15 is 0 Å². The van der Waals surface area contributed by atoms with E-state index in [-0.39, 0.29) is 22.2 Å². The van der Waals surface area contributed by atoms with Crippen LogP contribution in [0.4, 0.5) is 0 Å². The molecule has 8 heteroatoms. The first-order valence-electron chi connectivity index (χ1n) is 7.72. The summed E-state index contributed by atoms with van der Waals surface area (Å²) in [4.78, 5) is 0.0489. The number of sulfone groups is 2. The molecule has 0 aliphatic carbocycles. The minimum absolute atomic E-state index is 0.0489. The molecule has 1 saturated heterocycles. The third kappa shape index (κ3) is 4.10. The standard InChI is InChI=1S/C16H25NO5S2/c1-11-6-7-13(22-5)14(8-11)24(20,21)15-10-23(18,19)9-12(15)17-16(2,3)4/h6-8,12,15,17H,9-10H2,1-5H3/t12-,15-/m0/s1. The molecule has 6 nitrogen and oxygen atoms in total. The monoisotopic (exact) mass is 375 g/mol. The van der Waals surface area contributed by atoms with E-state index in [4.69, 9.17) is 4.74 Å². The summed E-state index contributed by atoms with van der Waals surface area (Å²) in [6.45, 7) is 7.44. The lowest BCUT2D eigenvalue weighted by atomic mass is 10.1. The van der Waals surface area contributed by atoms with E-state index in [9.17, 15) is 16.8 Å². The SMILES string of the molecule is COc1ccc(C)cc1S(=O)(=O)[C@H]1CS(=O)(=O)C[C@@H]1NC(C)(C)C. The average molecular weight is 376 g/mol. The zero-order chi connectivity index (χ0) is 18.3. The number of rotatable bonds is 4. The number of hydrogen-bond donors (Lipinski definition) is 1. The van der Waals surface area contributed by atoms with Crippen LogP contribution < -0.4 is 10.1 Å². The van der Waals surface area contributed by atoms with Crippen LogP contribution in [0.1, 0.15) is 26.3 Å². The van der Waals surface area contributed by atoms with Crippen LogP contribution in [0.25, 0.3) is 0 Å². The van der Waals surface area contributed by atoms with Crippen molar-refractivity contribution in [1.29, 1.82) is 0 Å². The van der Waals surface area contributed by atoms with Crippen LogP contribution >= 0.6 is 0 Å². The van der Waals surface area contributed by atoms with Crippen molar-refractivity contribution in [3.63, 3.8) is 0 Å². The van der Waals surface area contributed by atoms with Gasteiger partial charge in [-0.2, -0.15) is 0 Å². The van der Waals surface area contributed by atoms with Crippen LogP contribution in [0.3, 0.4) is 0 Å². The number of hydrogen-bond acceptors (Lipinski definition) is 6. The lowest BCUT2D eigenvalue weighted by molar-refractivity contribution is 0.373. The van der Waals surface area contributed by atoms with Gasteiger partial charge in [-0.1, -0.05) is 6.07 Å². The molecule has 1 aromatic rings. The molecule has 1 aromatic carbocycles. The second-order valence-electron chi connectivity index (χ2n) is 7.32. The van der Waals surface area contributed by atoms with E-state index < -0.39 is 36.5 Å². The van der Waals surface area contributed by atoms with Gasteiger partial charge in [-0.05, 0) is 45.4 Å². The van der Waals surface area contributed by atoms with Crippen LogP contribution in [0.2, 0.25) is 0 Å². The predicted octanol–water partition coefficient (Wildman–Crippen LogP) is 1.33. The highest BCUT2D eigenvalue weighted by Gasteiger charge is 2.47. The fraction of sp³-hybridized carbons (Fsp3) is 0.625. The Morgan fingerprint density at radius 2 is 1.83 bits per heavy atom. The molecule has 2 rings (SSSR count).